The Morgan fingerprint density at radius 2 is 2.00 bits per heavy atom. The number of unbranched alkanes of at least 4 members (excludes halogenated alkanes) is 1. The van der Waals surface area contributed by atoms with Crippen molar-refractivity contribution in [2.75, 3.05) is 6.61 Å². The quantitative estimate of drug-likeness (QED) is 0.159. The highest BCUT2D eigenvalue weighted by Gasteiger charge is 2.29. The topological polar surface area (TPSA) is 79.8 Å². The average molecular weight is 198 g/mol. The molecule has 0 aromatic heterocycles. The van der Waals surface area contributed by atoms with E-state index < -0.39 is 17.5 Å². The smallest absolute Gasteiger partial charge is 0.441 e. The SMILES string of the molecule is CCCCOC(=O)C(=[N+]=[N-])C(=O)CC. The van der Waals surface area contributed by atoms with Crippen LogP contribution in [0.1, 0.15) is 33.1 Å². The molecule has 5 nitrogen and oxygen atoms in total. The van der Waals surface area contributed by atoms with Crippen LogP contribution in [0.3, 0.4) is 0 Å². The van der Waals surface area contributed by atoms with Crippen molar-refractivity contribution in [1.82, 2.24) is 0 Å². The Labute approximate surface area is 82.7 Å². The molecule has 0 aliphatic rings. The lowest BCUT2D eigenvalue weighted by atomic mass is 10.2. The van der Waals surface area contributed by atoms with Crippen molar-refractivity contribution in [3.05, 3.63) is 5.53 Å². The normalized spacial score (nSPS) is 9.00. The number of ketones is 1. The van der Waals surface area contributed by atoms with E-state index in [0.29, 0.717) is 0 Å². The lowest BCUT2D eigenvalue weighted by Crippen LogP contribution is -2.27. The predicted molar refractivity (Wildman–Crippen MR) is 49.8 cm³/mol. The highest BCUT2D eigenvalue weighted by Crippen LogP contribution is 1.92. The van der Waals surface area contributed by atoms with E-state index in [1.165, 1.54) is 0 Å². The van der Waals surface area contributed by atoms with Crippen LogP contribution in [0.15, 0.2) is 0 Å². The summed E-state index contributed by atoms with van der Waals surface area (Å²) in [5.41, 5.74) is 7.90. The molecular weight excluding hydrogens is 184 g/mol. The first-order valence-electron chi connectivity index (χ1n) is 4.59. The first kappa shape index (κ1) is 12.5. The van der Waals surface area contributed by atoms with Crippen LogP contribution < -0.4 is 0 Å². The minimum atomic E-state index is -0.854. The van der Waals surface area contributed by atoms with Crippen LogP contribution in [0.25, 0.3) is 5.53 Å². The molecule has 0 spiro atoms. The monoisotopic (exact) mass is 198 g/mol. The lowest BCUT2D eigenvalue weighted by Gasteiger charge is -1.98. The molecule has 0 rings (SSSR count). The van der Waals surface area contributed by atoms with Crippen LogP contribution in [0.4, 0.5) is 0 Å². The fourth-order valence-corrected chi connectivity index (χ4v) is 0.755. The summed E-state index contributed by atoms with van der Waals surface area (Å²) in [5.74, 6) is -1.37. The molecule has 0 bridgehead atoms. The van der Waals surface area contributed by atoms with Crippen molar-refractivity contribution in [3.63, 3.8) is 0 Å². The first-order chi connectivity index (χ1) is 6.67. The molecule has 0 heterocycles. The number of esters is 1. The summed E-state index contributed by atoms with van der Waals surface area (Å²) in [6.07, 6.45) is 1.73. The molecule has 0 radical (unpaired) electrons. The molecule has 0 saturated heterocycles. The van der Waals surface area contributed by atoms with Gasteiger partial charge in [-0.1, -0.05) is 20.3 Å². The third kappa shape index (κ3) is 3.96. The van der Waals surface area contributed by atoms with Gasteiger partial charge in [-0.05, 0) is 6.42 Å². The van der Waals surface area contributed by atoms with Gasteiger partial charge in [0.25, 0.3) is 5.78 Å². The van der Waals surface area contributed by atoms with Gasteiger partial charge in [-0.3, -0.25) is 4.79 Å². The van der Waals surface area contributed by atoms with Gasteiger partial charge in [0.2, 0.25) is 0 Å². The maximum Gasteiger partial charge on any atom is 0.441 e. The largest absolute Gasteiger partial charge is 0.457 e. The molecule has 0 unspecified atom stereocenters. The highest BCUT2D eigenvalue weighted by molar-refractivity contribution is 6.62. The first-order valence-corrected chi connectivity index (χ1v) is 4.59. The molecule has 0 N–H and O–H groups in total. The molecule has 0 fully saturated rings. The Bertz CT molecular complexity index is 267. The summed E-state index contributed by atoms with van der Waals surface area (Å²) in [7, 11) is 0. The Morgan fingerprint density at radius 1 is 1.36 bits per heavy atom. The zero-order valence-electron chi connectivity index (χ0n) is 8.45. The molecule has 0 aromatic rings. The van der Waals surface area contributed by atoms with E-state index in [4.69, 9.17) is 10.3 Å². The lowest BCUT2D eigenvalue weighted by molar-refractivity contribution is -0.142. The zero-order chi connectivity index (χ0) is 11.0. The predicted octanol–water partition coefficient (Wildman–Crippen LogP) is 0.980. The van der Waals surface area contributed by atoms with Crippen LogP contribution in [0.2, 0.25) is 0 Å². The Hall–Kier alpha value is -1.48. The van der Waals surface area contributed by atoms with Gasteiger partial charge < -0.3 is 10.3 Å². The van der Waals surface area contributed by atoms with E-state index in [2.05, 4.69) is 4.79 Å². The standard InChI is InChI=1S/C9H14N2O3/c1-3-5-6-14-9(13)8(11-10)7(12)4-2/h3-6H2,1-2H3. The van der Waals surface area contributed by atoms with E-state index >= 15 is 0 Å². The molecule has 0 aliphatic heterocycles. The van der Waals surface area contributed by atoms with Crippen LogP contribution in [-0.4, -0.2) is 28.9 Å². The van der Waals surface area contributed by atoms with Crippen molar-refractivity contribution in [2.24, 2.45) is 0 Å². The summed E-state index contributed by atoms with van der Waals surface area (Å²) >= 11 is 0. The van der Waals surface area contributed by atoms with Crippen molar-refractivity contribution >= 4 is 17.5 Å². The number of hydrogen-bond donors (Lipinski definition) is 0. The minimum Gasteiger partial charge on any atom is -0.457 e. The van der Waals surface area contributed by atoms with Crippen LogP contribution in [-0.2, 0) is 14.3 Å². The number of Topliss-reactive ketones (excluding diaryl/α,β-unsaturated/α-hetero) is 1. The third-order valence-electron chi connectivity index (χ3n) is 1.61. The van der Waals surface area contributed by atoms with Gasteiger partial charge in [-0.2, -0.15) is 4.79 Å². The van der Waals surface area contributed by atoms with Crippen LogP contribution in [0, 0.1) is 0 Å². The van der Waals surface area contributed by atoms with Gasteiger partial charge in [0, 0.05) is 6.42 Å². The van der Waals surface area contributed by atoms with E-state index in [-0.39, 0.29) is 13.0 Å². The van der Waals surface area contributed by atoms with E-state index in [0.717, 1.165) is 12.8 Å². The minimum absolute atomic E-state index is 0.113. The summed E-state index contributed by atoms with van der Waals surface area (Å²) in [4.78, 5) is 24.8. The maximum absolute atomic E-state index is 11.1. The molecule has 0 atom stereocenters. The molecule has 5 heteroatoms. The second kappa shape index (κ2) is 6.97. The number of ether oxygens (including phenoxy) is 1. The van der Waals surface area contributed by atoms with Gasteiger partial charge in [0.05, 0.1) is 6.61 Å². The maximum atomic E-state index is 11.1. The fourth-order valence-electron chi connectivity index (χ4n) is 0.755. The average Bonchev–Trinajstić information content (AvgIpc) is 2.19. The van der Waals surface area contributed by atoms with Gasteiger partial charge in [-0.15, -0.1) is 0 Å². The second-order valence-corrected chi connectivity index (χ2v) is 2.71. The molecular formula is C9H14N2O3. The number of carbonyl (C=O) groups excluding carboxylic acids is 2. The van der Waals surface area contributed by atoms with Crippen molar-refractivity contribution in [1.29, 1.82) is 0 Å². The second-order valence-electron chi connectivity index (χ2n) is 2.71. The Balaban J connectivity index is 4.21. The van der Waals surface area contributed by atoms with Gasteiger partial charge >= 0.3 is 11.7 Å². The van der Waals surface area contributed by atoms with Crippen molar-refractivity contribution in [3.8, 4) is 0 Å². The zero-order valence-corrected chi connectivity index (χ0v) is 8.45. The van der Waals surface area contributed by atoms with Gasteiger partial charge in [0.1, 0.15) is 0 Å². The van der Waals surface area contributed by atoms with Crippen molar-refractivity contribution in [2.45, 2.75) is 33.1 Å². The number of rotatable bonds is 6. The Morgan fingerprint density at radius 3 is 2.43 bits per heavy atom. The molecule has 78 valence electrons. The van der Waals surface area contributed by atoms with E-state index in [1.807, 2.05) is 6.92 Å². The van der Waals surface area contributed by atoms with Crippen molar-refractivity contribution < 1.29 is 19.1 Å². The molecule has 0 aliphatic carbocycles. The number of carbonyl (C=O) groups is 2. The molecule has 0 saturated carbocycles. The van der Waals surface area contributed by atoms with E-state index in [1.54, 1.807) is 6.92 Å². The summed E-state index contributed by atoms with van der Waals surface area (Å²) in [6.45, 7) is 3.77. The van der Waals surface area contributed by atoms with Gasteiger partial charge in [0.15, 0.2) is 0 Å². The van der Waals surface area contributed by atoms with Crippen LogP contribution >= 0.6 is 0 Å². The molecule has 0 amide bonds. The fraction of sp³-hybridized carbons (Fsp3) is 0.667. The van der Waals surface area contributed by atoms with Gasteiger partial charge in [-0.25, -0.2) is 4.79 Å². The highest BCUT2D eigenvalue weighted by atomic mass is 16.5. The van der Waals surface area contributed by atoms with E-state index in [9.17, 15) is 9.59 Å². The molecule has 0 aromatic carbocycles. The number of hydrogen-bond acceptors (Lipinski definition) is 3. The summed E-state index contributed by atoms with van der Waals surface area (Å²) in [5, 5.41) is 0. The summed E-state index contributed by atoms with van der Waals surface area (Å²) in [6, 6.07) is 0. The Kier molecular flexibility index (Phi) is 6.24. The third-order valence-corrected chi connectivity index (χ3v) is 1.61. The summed E-state index contributed by atoms with van der Waals surface area (Å²) < 4.78 is 4.71. The number of nitrogens with zero attached hydrogens (tertiary/aromatic N) is 2. The van der Waals surface area contributed by atoms with Crippen LogP contribution in [0.5, 0.6) is 0 Å². The molecule has 14 heavy (non-hydrogen) atoms.